The van der Waals surface area contributed by atoms with Crippen LogP contribution in [0.2, 0.25) is 0 Å². The fourth-order valence-corrected chi connectivity index (χ4v) is 2.55. The van der Waals surface area contributed by atoms with Crippen LogP contribution in [0.4, 0.5) is 0 Å². The summed E-state index contributed by atoms with van der Waals surface area (Å²) in [5.41, 5.74) is 7.48. The van der Waals surface area contributed by atoms with E-state index in [4.69, 9.17) is 5.73 Å². The summed E-state index contributed by atoms with van der Waals surface area (Å²) >= 11 is 0. The zero-order valence-electron chi connectivity index (χ0n) is 10.6. The minimum atomic E-state index is -0.458. The van der Waals surface area contributed by atoms with Crippen LogP contribution in [0.5, 0.6) is 0 Å². The number of rotatable bonds is 2. The van der Waals surface area contributed by atoms with Gasteiger partial charge in [0.1, 0.15) is 0 Å². The highest BCUT2D eigenvalue weighted by Gasteiger charge is 2.40. The van der Waals surface area contributed by atoms with Gasteiger partial charge in [-0.05, 0) is 45.5 Å². The Morgan fingerprint density at radius 2 is 1.76 bits per heavy atom. The average molecular weight is 232 g/mol. The quantitative estimate of drug-likeness (QED) is 0.838. The van der Waals surface area contributed by atoms with Gasteiger partial charge in [0.05, 0.1) is 5.41 Å². The Bertz CT molecular complexity index is 403. The number of aryl methyl sites for hydroxylation is 1. The number of hydrogen-bond acceptors (Lipinski definition) is 2. The van der Waals surface area contributed by atoms with Crippen molar-refractivity contribution >= 4 is 5.91 Å². The molecule has 0 unspecified atom stereocenters. The van der Waals surface area contributed by atoms with Gasteiger partial charge in [-0.2, -0.15) is 0 Å². The van der Waals surface area contributed by atoms with Gasteiger partial charge in [0.25, 0.3) is 0 Å². The summed E-state index contributed by atoms with van der Waals surface area (Å²) in [7, 11) is 2.08. The van der Waals surface area contributed by atoms with E-state index in [0.717, 1.165) is 31.5 Å². The summed E-state index contributed by atoms with van der Waals surface area (Å²) in [5, 5.41) is 0. The molecule has 17 heavy (non-hydrogen) atoms. The highest BCUT2D eigenvalue weighted by molar-refractivity contribution is 5.86. The highest BCUT2D eigenvalue weighted by atomic mass is 16.1. The molecule has 0 atom stereocenters. The first-order valence-corrected chi connectivity index (χ1v) is 6.10. The molecule has 3 heteroatoms. The van der Waals surface area contributed by atoms with Gasteiger partial charge < -0.3 is 10.6 Å². The van der Waals surface area contributed by atoms with Crippen molar-refractivity contribution in [1.82, 2.24) is 4.90 Å². The Kier molecular flexibility index (Phi) is 3.20. The number of hydrogen-bond donors (Lipinski definition) is 1. The van der Waals surface area contributed by atoms with Crippen LogP contribution in [0.3, 0.4) is 0 Å². The molecule has 2 rings (SSSR count). The Morgan fingerprint density at radius 1 is 1.24 bits per heavy atom. The second-order valence-corrected chi connectivity index (χ2v) is 5.12. The summed E-state index contributed by atoms with van der Waals surface area (Å²) in [6.45, 7) is 3.91. The average Bonchev–Trinajstić information content (AvgIpc) is 2.31. The van der Waals surface area contributed by atoms with E-state index in [-0.39, 0.29) is 5.91 Å². The minimum absolute atomic E-state index is 0.186. The molecule has 0 aromatic heterocycles. The van der Waals surface area contributed by atoms with E-state index < -0.39 is 5.41 Å². The molecule has 0 bridgehead atoms. The van der Waals surface area contributed by atoms with Gasteiger partial charge in [-0.1, -0.05) is 29.8 Å². The molecule has 1 amide bonds. The van der Waals surface area contributed by atoms with Crippen molar-refractivity contribution in [3.05, 3.63) is 35.4 Å². The Hall–Kier alpha value is -1.35. The summed E-state index contributed by atoms with van der Waals surface area (Å²) in [4.78, 5) is 14.1. The lowest BCUT2D eigenvalue weighted by molar-refractivity contribution is -0.125. The second kappa shape index (κ2) is 4.49. The van der Waals surface area contributed by atoms with E-state index in [2.05, 4.69) is 31.0 Å². The topological polar surface area (TPSA) is 46.3 Å². The first kappa shape index (κ1) is 12.1. The van der Waals surface area contributed by atoms with Gasteiger partial charge in [-0.15, -0.1) is 0 Å². The SMILES string of the molecule is Cc1ccc(C2(C(N)=O)CCN(C)CC2)cc1. The highest BCUT2D eigenvalue weighted by Crippen LogP contribution is 2.35. The van der Waals surface area contributed by atoms with Crippen molar-refractivity contribution in [2.75, 3.05) is 20.1 Å². The van der Waals surface area contributed by atoms with E-state index in [1.807, 2.05) is 12.1 Å². The molecule has 1 aromatic rings. The van der Waals surface area contributed by atoms with Crippen molar-refractivity contribution in [3.8, 4) is 0 Å². The van der Waals surface area contributed by atoms with Gasteiger partial charge >= 0.3 is 0 Å². The van der Waals surface area contributed by atoms with E-state index in [1.54, 1.807) is 0 Å². The third kappa shape index (κ3) is 2.20. The molecule has 3 nitrogen and oxygen atoms in total. The maximum absolute atomic E-state index is 11.9. The number of amides is 1. The monoisotopic (exact) mass is 232 g/mol. The predicted octanol–water partition coefficient (Wildman–Crippen LogP) is 1.44. The van der Waals surface area contributed by atoms with Crippen LogP contribution < -0.4 is 5.73 Å². The molecule has 0 spiro atoms. The number of piperidine rings is 1. The number of primary amides is 1. The lowest BCUT2D eigenvalue weighted by Gasteiger charge is -2.38. The van der Waals surface area contributed by atoms with Crippen molar-refractivity contribution in [2.24, 2.45) is 5.73 Å². The molecular weight excluding hydrogens is 212 g/mol. The van der Waals surface area contributed by atoms with Gasteiger partial charge in [-0.3, -0.25) is 4.79 Å². The van der Waals surface area contributed by atoms with Crippen molar-refractivity contribution in [3.63, 3.8) is 0 Å². The zero-order chi connectivity index (χ0) is 12.5. The molecule has 2 N–H and O–H groups in total. The molecule has 1 saturated heterocycles. The largest absolute Gasteiger partial charge is 0.369 e. The van der Waals surface area contributed by atoms with Gasteiger partial charge in [0.15, 0.2) is 0 Å². The van der Waals surface area contributed by atoms with E-state index >= 15 is 0 Å². The molecule has 0 aliphatic carbocycles. The molecule has 0 radical (unpaired) electrons. The van der Waals surface area contributed by atoms with Crippen LogP contribution in [-0.4, -0.2) is 30.9 Å². The van der Waals surface area contributed by atoms with Crippen molar-refractivity contribution in [1.29, 1.82) is 0 Å². The fraction of sp³-hybridized carbons (Fsp3) is 0.500. The van der Waals surface area contributed by atoms with E-state index in [0.29, 0.717) is 0 Å². The van der Waals surface area contributed by atoms with E-state index in [9.17, 15) is 4.79 Å². The molecule has 1 aliphatic heterocycles. The van der Waals surface area contributed by atoms with Crippen LogP contribution in [-0.2, 0) is 10.2 Å². The summed E-state index contributed by atoms with van der Waals surface area (Å²) in [5.74, 6) is -0.186. The van der Waals surface area contributed by atoms with Crippen LogP contribution in [0.1, 0.15) is 24.0 Å². The summed E-state index contributed by atoms with van der Waals surface area (Å²) in [6.07, 6.45) is 1.64. The van der Waals surface area contributed by atoms with Gasteiger partial charge in [0.2, 0.25) is 5.91 Å². The standard InChI is InChI=1S/C14H20N2O/c1-11-3-5-12(6-4-11)14(13(15)17)7-9-16(2)10-8-14/h3-6H,7-10H2,1-2H3,(H2,15,17). The van der Waals surface area contributed by atoms with Gasteiger partial charge in [0, 0.05) is 0 Å². The molecular formula is C14H20N2O. The first-order chi connectivity index (χ1) is 8.04. The maximum atomic E-state index is 11.9. The third-order valence-electron chi connectivity index (χ3n) is 3.92. The van der Waals surface area contributed by atoms with Crippen LogP contribution >= 0.6 is 0 Å². The lowest BCUT2D eigenvalue weighted by atomic mass is 9.72. The molecule has 1 aromatic carbocycles. The number of benzene rings is 1. The number of nitrogens with two attached hydrogens (primary N) is 1. The molecule has 1 fully saturated rings. The van der Waals surface area contributed by atoms with Gasteiger partial charge in [-0.25, -0.2) is 0 Å². The van der Waals surface area contributed by atoms with Crippen molar-refractivity contribution in [2.45, 2.75) is 25.2 Å². The smallest absolute Gasteiger partial charge is 0.228 e. The fourth-order valence-electron chi connectivity index (χ4n) is 2.55. The molecule has 1 aliphatic rings. The summed E-state index contributed by atoms with van der Waals surface area (Å²) in [6, 6.07) is 8.20. The summed E-state index contributed by atoms with van der Waals surface area (Å²) < 4.78 is 0. The normalized spacial score (nSPS) is 20.1. The Morgan fingerprint density at radius 3 is 2.24 bits per heavy atom. The number of likely N-dealkylation sites (tertiary alicyclic amines) is 1. The van der Waals surface area contributed by atoms with Crippen LogP contribution in [0, 0.1) is 6.92 Å². The lowest BCUT2D eigenvalue weighted by Crippen LogP contribution is -2.49. The number of nitrogens with zero attached hydrogens (tertiary/aromatic N) is 1. The van der Waals surface area contributed by atoms with Crippen LogP contribution in [0.25, 0.3) is 0 Å². The first-order valence-electron chi connectivity index (χ1n) is 6.10. The maximum Gasteiger partial charge on any atom is 0.228 e. The van der Waals surface area contributed by atoms with Crippen molar-refractivity contribution < 1.29 is 4.79 Å². The third-order valence-corrected chi connectivity index (χ3v) is 3.92. The zero-order valence-corrected chi connectivity index (χ0v) is 10.6. The van der Waals surface area contributed by atoms with E-state index in [1.165, 1.54) is 5.56 Å². The molecule has 92 valence electrons. The minimum Gasteiger partial charge on any atom is -0.369 e. The number of carbonyl (C=O) groups is 1. The molecule has 0 saturated carbocycles. The Labute approximate surface area is 103 Å². The second-order valence-electron chi connectivity index (χ2n) is 5.12. The molecule has 1 heterocycles. The number of carbonyl (C=O) groups excluding carboxylic acids is 1. The van der Waals surface area contributed by atoms with Crippen LogP contribution in [0.15, 0.2) is 24.3 Å². The Balaban J connectivity index is 2.35. The predicted molar refractivity (Wildman–Crippen MR) is 68.8 cm³/mol.